The zero-order valence-electron chi connectivity index (χ0n) is 8.99. The lowest BCUT2D eigenvalue weighted by Crippen LogP contribution is -2.32. The van der Waals surface area contributed by atoms with E-state index in [1.54, 1.807) is 20.1 Å². The molecule has 0 unspecified atom stereocenters. The van der Waals surface area contributed by atoms with Crippen LogP contribution < -0.4 is 15.8 Å². The summed E-state index contributed by atoms with van der Waals surface area (Å²) in [4.78, 5) is 11.4. The Bertz CT molecular complexity index is 372. The zero-order valence-corrected chi connectivity index (χ0v) is 12.0. The van der Waals surface area contributed by atoms with Gasteiger partial charge >= 0.3 is 0 Å². The molecular formula is C10H14ClIN2O2. The highest BCUT2D eigenvalue weighted by Gasteiger charge is 2.10. The molecule has 0 aromatic heterocycles. The molecule has 1 rings (SSSR count). The summed E-state index contributed by atoms with van der Waals surface area (Å²) in [5.74, 6) is 0.497. The molecule has 1 amide bonds. The molecule has 0 spiro atoms. The average molecular weight is 357 g/mol. The molecule has 0 radical (unpaired) electrons. The van der Waals surface area contributed by atoms with Crippen molar-refractivity contribution < 1.29 is 9.53 Å². The van der Waals surface area contributed by atoms with Gasteiger partial charge in [-0.25, -0.2) is 0 Å². The normalized spacial score (nSPS) is 11.2. The number of anilines is 1. The lowest BCUT2D eigenvalue weighted by Gasteiger charge is -2.10. The molecule has 0 bridgehead atoms. The van der Waals surface area contributed by atoms with Gasteiger partial charge in [0.25, 0.3) is 0 Å². The minimum atomic E-state index is -0.521. The summed E-state index contributed by atoms with van der Waals surface area (Å²) >= 11 is 2.14. The average Bonchev–Trinajstić information content (AvgIpc) is 2.21. The Hall–Kier alpha value is -0.530. The molecule has 0 heterocycles. The van der Waals surface area contributed by atoms with Crippen LogP contribution in [0.3, 0.4) is 0 Å². The van der Waals surface area contributed by atoms with Crippen LogP contribution in [0.4, 0.5) is 5.69 Å². The number of amides is 1. The number of hydrogen-bond donors (Lipinski definition) is 2. The van der Waals surface area contributed by atoms with E-state index in [0.29, 0.717) is 5.75 Å². The van der Waals surface area contributed by atoms with E-state index in [2.05, 4.69) is 27.9 Å². The maximum absolute atomic E-state index is 11.4. The highest BCUT2D eigenvalue weighted by Crippen LogP contribution is 2.23. The number of ether oxygens (including phenoxy) is 1. The predicted molar refractivity (Wildman–Crippen MR) is 75.2 cm³/mol. The van der Waals surface area contributed by atoms with E-state index in [4.69, 9.17) is 10.5 Å². The molecule has 0 aliphatic heterocycles. The molecule has 1 aromatic rings. The molecule has 0 aliphatic carbocycles. The fourth-order valence-electron chi connectivity index (χ4n) is 0.974. The van der Waals surface area contributed by atoms with E-state index >= 15 is 0 Å². The molecule has 4 nitrogen and oxygen atoms in total. The molecule has 1 atom stereocenters. The maximum atomic E-state index is 11.4. The largest absolute Gasteiger partial charge is 0.497 e. The molecule has 90 valence electrons. The second-order valence-electron chi connectivity index (χ2n) is 3.12. The van der Waals surface area contributed by atoms with Gasteiger partial charge in [0.05, 0.1) is 18.8 Å². The summed E-state index contributed by atoms with van der Waals surface area (Å²) in [7, 11) is 1.58. The minimum absolute atomic E-state index is 0. The van der Waals surface area contributed by atoms with Crippen LogP contribution in [0.25, 0.3) is 0 Å². The number of methoxy groups -OCH3 is 1. The smallest absolute Gasteiger partial charge is 0.241 e. The zero-order chi connectivity index (χ0) is 11.4. The maximum Gasteiger partial charge on any atom is 0.241 e. The second-order valence-corrected chi connectivity index (χ2v) is 4.29. The SMILES string of the molecule is COc1ccc(I)c(NC(=O)[C@H](C)N)c1.Cl. The first-order chi connectivity index (χ1) is 7.04. The van der Waals surface area contributed by atoms with Crippen molar-refractivity contribution in [1.82, 2.24) is 0 Å². The number of halogens is 2. The summed E-state index contributed by atoms with van der Waals surface area (Å²) in [6, 6.07) is 4.95. The quantitative estimate of drug-likeness (QED) is 0.814. The van der Waals surface area contributed by atoms with Crippen molar-refractivity contribution in [3.63, 3.8) is 0 Å². The predicted octanol–water partition coefficient (Wildman–Crippen LogP) is 2.01. The van der Waals surface area contributed by atoms with Crippen molar-refractivity contribution in [3.05, 3.63) is 21.8 Å². The van der Waals surface area contributed by atoms with Crippen LogP contribution in [0.15, 0.2) is 18.2 Å². The van der Waals surface area contributed by atoms with E-state index < -0.39 is 6.04 Å². The van der Waals surface area contributed by atoms with Crippen LogP contribution in [-0.4, -0.2) is 19.1 Å². The van der Waals surface area contributed by atoms with Crippen LogP contribution in [-0.2, 0) is 4.79 Å². The summed E-state index contributed by atoms with van der Waals surface area (Å²) in [5, 5.41) is 2.73. The van der Waals surface area contributed by atoms with E-state index in [1.165, 1.54) is 0 Å². The van der Waals surface area contributed by atoms with Gasteiger partial charge in [0.15, 0.2) is 0 Å². The molecule has 1 aromatic carbocycles. The van der Waals surface area contributed by atoms with Crippen molar-refractivity contribution in [2.24, 2.45) is 5.73 Å². The number of carbonyl (C=O) groups excluding carboxylic acids is 1. The molecule has 0 fully saturated rings. The minimum Gasteiger partial charge on any atom is -0.497 e. The molecule has 0 aliphatic rings. The highest BCUT2D eigenvalue weighted by molar-refractivity contribution is 14.1. The van der Waals surface area contributed by atoms with Crippen molar-refractivity contribution in [2.75, 3.05) is 12.4 Å². The van der Waals surface area contributed by atoms with Gasteiger partial charge in [0.1, 0.15) is 5.75 Å². The molecule has 6 heteroatoms. The van der Waals surface area contributed by atoms with Crippen molar-refractivity contribution in [3.8, 4) is 5.75 Å². The summed E-state index contributed by atoms with van der Waals surface area (Å²) in [6.07, 6.45) is 0. The number of nitrogens with one attached hydrogen (secondary N) is 1. The van der Waals surface area contributed by atoms with Gasteiger partial charge in [-0.15, -0.1) is 12.4 Å². The van der Waals surface area contributed by atoms with E-state index in [-0.39, 0.29) is 18.3 Å². The number of rotatable bonds is 3. The molecule has 3 N–H and O–H groups in total. The van der Waals surface area contributed by atoms with Gasteiger partial charge < -0.3 is 15.8 Å². The topological polar surface area (TPSA) is 64.3 Å². The van der Waals surface area contributed by atoms with Crippen LogP contribution in [0, 0.1) is 3.57 Å². The third kappa shape index (κ3) is 4.15. The van der Waals surface area contributed by atoms with Crippen LogP contribution in [0.1, 0.15) is 6.92 Å². The Morgan fingerprint density at radius 3 is 2.69 bits per heavy atom. The van der Waals surface area contributed by atoms with Crippen LogP contribution in [0.2, 0.25) is 0 Å². The Balaban J connectivity index is 0.00000225. The van der Waals surface area contributed by atoms with Gasteiger partial charge in [-0.1, -0.05) is 0 Å². The van der Waals surface area contributed by atoms with Crippen LogP contribution in [0.5, 0.6) is 5.75 Å². The number of nitrogens with two attached hydrogens (primary N) is 1. The van der Waals surface area contributed by atoms with Crippen molar-refractivity contribution in [1.29, 1.82) is 0 Å². The number of benzene rings is 1. The molecule has 16 heavy (non-hydrogen) atoms. The summed E-state index contributed by atoms with van der Waals surface area (Å²) < 4.78 is 6.01. The number of carbonyl (C=O) groups is 1. The first-order valence-electron chi connectivity index (χ1n) is 4.44. The van der Waals surface area contributed by atoms with E-state index in [1.807, 2.05) is 12.1 Å². The van der Waals surface area contributed by atoms with Gasteiger partial charge in [0, 0.05) is 9.64 Å². The first kappa shape index (κ1) is 15.5. The fourth-order valence-corrected chi connectivity index (χ4v) is 1.44. The molecule has 0 saturated carbocycles. The monoisotopic (exact) mass is 356 g/mol. The Morgan fingerprint density at radius 2 is 2.19 bits per heavy atom. The lowest BCUT2D eigenvalue weighted by molar-refractivity contribution is -0.117. The third-order valence-electron chi connectivity index (χ3n) is 1.84. The van der Waals surface area contributed by atoms with E-state index in [0.717, 1.165) is 9.26 Å². The highest BCUT2D eigenvalue weighted by atomic mass is 127. The lowest BCUT2D eigenvalue weighted by atomic mass is 10.2. The second kappa shape index (κ2) is 6.93. The van der Waals surface area contributed by atoms with Crippen LogP contribution >= 0.6 is 35.0 Å². The molecule has 0 saturated heterocycles. The Kier molecular flexibility index (Phi) is 6.70. The first-order valence-corrected chi connectivity index (χ1v) is 5.52. The fraction of sp³-hybridized carbons (Fsp3) is 0.300. The summed E-state index contributed by atoms with van der Waals surface area (Å²) in [5.41, 5.74) is 6.18. The molecular weight excluding hydrogens is 342 g/mol. The summed E-state index contributed by atoms with van der Waals surface area (Å²) in [6.45, 7) is 1.64. The van der Waals surface area contributed by atoms with Crippen molar-refractivity contribution >= 4 is 46.6 Å². The van der Waals surface area contributed by atoms with Gasteiger partial charge in [-0.2, -0.15) is 0 Å². The third-order valence-corrected chi connectivity index (χ3v) is 2.79. The van der Waals surface area contributed by atoms with Gasteiger partial charge in [-0.05, 0) is 41.6 Å². The standard InChI is InChI=1S/C10H13IN2O2.ClH/c1-6(12)10(14)13-9-5-7(15-2)3-4-8(9)11;/h3-6H,12H2,1-2H3,(H,13,14);1H/t6-;/m0./s1. The van der Waals surface area contributed by atoms with Gasteiger partial charge in [0.2, 0.25) is 5.91 Å². The van der Waals surface area contributed by atoms with Crippen molar-refractivity contribution in [2.45, 2.75) is 13.0 Å². The Labute approximate surface area is 114 Å². The Morgan fingerprint density at radius 1 is 1.56 bits per heavy atom. The van der Waals surface area contributed by atoms with Gasteiger partial charge in [-0.3, -0.25) is 4.79 Å². The van der Waals surface area contributed by atoms with E-state index in [9.17, 15) is 4.79 Å². The number of hydrogen-bond acceptors (Lipinski definition) is 3.